The highest BCUT2D eigenvalue weighted by Gasteiger charge is 2.47. The van der Waals surface area contributed by atoms with Gasteiger partial charge in [-0.3, -0.25) is 5.32 Å². The maximum absolute atomic E-state index is 11.9. The Hall–Kier alpha value is -1.27. The fourth-order valence-electron chi connectivity index (χ4n) is 0.698. The summed E-state index contributed by atoms with van der Waals surface area (Å²) in [6, 6.07) is -1.10. The zero-order valence-electron chi connectivity index (χ0n) is 6.01. The van der Waals surface area contributed by atoms with Crippen molar-refractivity contribution in [2.75, 3.05) is 0 Å². The first-order valence-corrected chi connectivity index (χ1v) is 3.07. The van der Waals surface area contributed by atoms with Gasteiger partial charge in [-0.15, -0.1) is 0 Å². The summed E-state index contributed by atoms with van der Waals surface area (Å²) in [5, 5.41) is 5.13. The minimum Gasteiger partial charge on any atom is -0.263 e. The van der Waals surface area contributed by atoms with Crippen LogP contribution >= 0.6 is 0 Å². The van der Waals surface area contributed by atoms with E-state index in [1.54, 1.807) is 0 Å². The van der Waals surface area contributed by atoms with Gasteiger partial charge in [0.1, 0.15) is 0 Å². The lowest BCUT2D eigenvalue weighted by Crippen LogP contribution is -2.55. The molecule has 7 heteroatoms. The van der Waals surface area contributed by atoms with Crippen LogP contribution in [0.5, 0.6) is 0 Å². The van der Waals surface area contributed by atoms with Gasteiger partial charge in [0.15, 0.2) is 0 Å². The molecule has 1 aliphatic heterocycles. The first-order chi connectivity index (χ1) is 5.39. The number of carbonyl (C=O) groups is 1. The van der Waals surface area contributed by atoms with Crippen molar-refractivity contribution >= 4 is 11.9 Å². The molecular formula is C5H5F3N3O+. The van der Waals surface area contributed by atoms with E-state index < -0.39 is 24.2 Å². The number of hydrogen-bond donors (Lipinski definition) is 1. The number of halogens is 3. The Labute approximate surface area is 65.8 Å². The summed E-state index contributed by atoms with van der Waals surface area (Å²) in [5.41, 5.74) is 0. The zero-order chi connectivity index (χ0) is 9.35. The number of urea groups is 1. The maximum Gasteiger partial charge on any atom is 0.509 e. The van der Waals surface area contributed by atoms with Crippen molar-refractivity contribution in [1.29, 1.82) is 0 Å². The van der Waals surface area contributed by atoms with Crippen LogP contribution in [0.1, 0.15) is 6.92 Å². The molecule has 0 aromatic carbocycles. The summed E-state index contributed by atoms with van der Waals surface area (Å²) in [7, 11) is 0. The molecule has 2 amide bonds. The number of amides is 2. The van der Waals surface area contributed by atoms with Gasteiger partial charge in [-0.25, -0.2) is 4.79 Å². The largest absolute Gasteiger partial charge is 0.509 e. The molecule has 1 rings (SSSR count). The van der Waals surface area contributed by atoms with E-state index >= 15 is 0 Å². The highest BCUT2D eigenvalue weighted by molar-refractivity contribution is 5.96. The number of rotatable bonds is 0. The predicted octanol–water partition coefficient (Wildman–Crippen LogP) is -0.0434. The summed E-state index contributed by atoms with van der Waals surface area (Å²) in [6.07, 6.45) is -5.48. The van der Waals surface area contributed by atoms with Crippen LogP contribution in [-0.4, -0.2) is 24.2 Å². The van der Waals surface area contributed by atoms with E-state index in [1.807, 2.05) is 5.32 Å². The highest BCUT2D eigenvalue weighted by atomic mass is 19.4. The number of hydrogen-bond acceptors (Lipinski definition) is 2. The minimum atomic E-state index is -4.61. The van der Waals surface area contributed by atoms with Gasteiger partial charge in [0.05, 0.1) is 0 Å². The second-order valence-corrected chi connectivity index (χ2v) is 2.19. The van der Waals surface area contributed by atoms with Crippen LogP contribution in [0, 0.1) is 0 Å². The molecule has 0 fully saturated rings. The number of nitrogens with zero attached hydrogens (tertiary/aromatic N) is 2. The molecule has 1 atom stereocenters. The second-order valence-electron chi connectivity index (χ2n) is 2.19. The number of aliphatic imine (C=N–C) groups is 1. The third-order valence-corrected chi connectivity index (χ3v) is 1.13. The van der Waals surface area contributed by atoms with E-state index in [1.165, 1.54) is 6.92 Å². The van der Waals surface area contributed by atoms with E-state index in [2.05, 4.69) is 10.3 Å². The van der Waals surface area contributed by atoms with Gasteiger partial charge in [-0.05, 0) is 4.99 Å². The van der Waals surface area contributed by atoms with Crippen molar-refractivity contribution < 1.29 is 18.0 Å². The van der Waals surface area contributed by atoms with Gasteiger partial charge in [-0.1, -0.05) is 5.32 Å². The Balaban J connectivity index is 2.84. The monoisotopic (exact) mass is 180 g/mol. The van der Waals surface area contributed by atoms with E-state index in [0.717, 1.165) is 0 Å². The van der Waals surface area contributed by atoms with Gasteiger partial charge >= 0.3 is 18.0 Å². The van der Waals surface area contributed by atoms with E-state index in [4.69, 9.17) is 0 Å². The topological polar surface area (TPSA) is 57.3 Å². The molecule has 0 saturated heterocycles. The molecule has 12 heavy (non-hydrogen) atoms. The lowest BCUT2D eigenvalue weighted by Gasteiger charge is -2.11. The van der Waals surface area contributed by atoms with Crippen LogP contribution in [0.2, 0.25) is 0 Å². The van der Waals surface area contributed by atoms with Gasteiger partial charge in [0.2, 0.25) is 6.17 Å². The average Bonchev–Trinajstić information content (AvgIpc) is 1.82. The summed E-state index contributed by atoms with van der Waals surface area (Å²) in [4.78, 5) is 13.1. The molecule has 0 saturated carbocycles. The van der Waals surface area contributed by atoms with Crippen LogP contribution in [0.4, 0.5) is 18.0 Å². The van der Waals surface area contributed by atoms with Gasteiger partial charge in [-0.2, -0.15) is 13.2 Å². The van der Waals surface area contributed by atoms with Gasteiger partial charge in [0.25, 0.3) is 0 Å². The SMILES string of the molecule is CC1[N]C(=O)[N+]=C(C(F)(F)F)N1. The van der Waals surface area contributed by atoms with E-state index in [0.29, 0.717) is 0 Å². The van der Waals surface area contributed by atoms with Crippen molar-refractivity contribution in [3.8, 4) is 0 Å². The Morgan fingerprint density at radius 1 is 1.58 bits per heavy atom. The molecule has 1 heterocycles. The normalized spacial score (nSPS) is 24.2. The molecule has 1 aliphatic rings. The molecule has 0 aromatic rings. The molecule has 66 valence electrons. The number of nitrogens with one attached hydrogen (secondary N) is 1. The molecule has 0 spiro atoms. The molecule has 0 bridgehead atoms. The predicted molar refractivity (Wildman–Crippen MR) is 33.3 cm³/mol. The standard InChI is InChI=1S/C5H5F3N3O/c1-2-9-3(5(6,7)8)11-4(12)10-2/h2,9H,1H3/q+1. The quantitative estimate of drug-likeness (QED) is 0.568. The van der Waals surface area contributed by atoms with Crippen LogP contribution in [0.3, 0.4) is 0 Å². The van der Waals surface area contributed by atoms with Crippen molar-refractivity contribution in [3.63, 3.8) is 0 Å². The Morgan fingerprint density at radius 2 is 2.17 bits per heavy atom. The van der Waals surface area contributed by atoms with Gasteiger partial charge < -0.3 is 0 Å². The number of alkyl halides is 3. The summed E-state index contributed by atoms with van der Waals surface area (Å²) in [6.45, 7) is 1.33. The fourth-order valence-corrected chi connectivity index (χ4v) is 0.698. The first kappa shape index (κ1) is 8.82. The third kappa shape index (κ3) is 1.86. The average molecular weight is 180 g/mol. The second kappa shape index (κ2) is 2.65. The van der Waals surface area contributed by atoms with Crippen molar-refractivity contribution in [1.82, 2.24) is 15.6 Å². The van der Waals surface area contributed by atoms with Crippen molar-refractivity contribution in [3.05, 3.63) is 0 Å². The zero-order valence-corrected chi connectivity index (χ0v) is 6.01. The smallest absolute Gasteiger partial charge is 0.263 e. The van der Waals surface area contributed by atoms with Crippen molar-refractivity contribution in [2.24, 2.45) is 0 Å². The molecular weight excluding hydrogens is 175 g/mol. The molecule has 1 N–H and O–H groups in total. The maximum atomic E-state index is 11.9. The fraction of sp³-hybridized carbons (Fsp3) is 0.600. The molecule has 1 unspecified atom stereocenters. The summed E-state index contributed by atoms with van der Waals surface area (Å²) >= 11 is 0. The van der Waals surface area contributed by atoms with E-state index in [9.17, 15) is 18.0 Å². The molecule has 2 radical (unpaired) electrons. The highest BCUT2D eigenvalue weighted by Crippen LogP contribution is 2.15. The Bertz CT molecular complexity index is 235. The summed E-state index contributed by atoms with van der Waals surface area (Å²) < 4.78 is 35.7. The lowest BCUT2D eigenvalue weighted by molar-refractivity contribution is -0.0635. The van der Waals surface area contributed by atoms with Crippen molar-refractivity contribution in [2.45, 2.75) is 19.3 Å². The first-order valence-electron chi connectivity index (χ1n) is 3.07. The minimum absolute atomic E-state index is 0.869. The van der Waals surface area contributed by atoms with Gasteiger partial charge in [0, 0.05) is 6.92 Å². The van der Waals surface area contributed by atoms with Crippen LogP contribution < -0.4 is 15.6 Å². The molecule has 0 aliphatic carbocycles. The molecule has 0 aromatic heterocycles. The lowest BCUT2D eigenvalue weighted by atomic mass is 10.4. The summed E-state index contributed by atoms with van der Waals surface area (Å²) in [5.74, 6) is -1.28. The Morgan fingerprint density at radius 3 is 2.58 bits per heavy atom. The van der Waals surface area contributed by atoms with Crippen LogP contribution in [0.25, 0.3) is 0 Å². The van der Waals surface area contributed by atoms with Crippen LogP contribution in [0.15, 0.2) is 0 Å². The van der Waals surface area contributed by atoms with Crippen LogP contribution in [-0.2, 0) is 0 Å². The Kier molecular flexibility index (Phi) is 1.95. The number of carbonyl (C=O) groups excluding carboxylic acids is 1. The van der Waals surface area contributed by atoms with E-state index in [-0.39, 0.29) is 0 Å². The number of amidine groups is 1. The molecule has 4 nitrogen and oxygen atoms in total. The third-order valence-electron chi connectivity index (χ3n) is 1.13.